The highest BCUT2D eigenvalue weighted by Gasteiger charge is 2.44. The Balaban J connectivity index is 1.38. The van der Waals surface area contributed by atoms with Crippen molar-refractivity contribution in [3.63, 3.8) is 0 Å². The average molecular weight is 584 g/mol. The fourth-order valence-electron chi connectivity index (χ4n) is 6.24. The molecule has 2 saturated heterocycles. The smallest absolute Gasteiger partial charge is 0.330 e. The maximum Gasteiger partial charge on any atom is 0.330 e. The molecule has 2 fully saturated rings. The second-order valence-electron chi connectivity index (χ2n) is 11.0. The molecule has 0 amide bonds. The van der Waals surface area contributed by atoms with Crippen molar-refractivity contribution in [2.75, 3.05) is 40.0 Å². The molecule has 0 radical (unpaired) electrons. The van der Waals surface area contributed by atoms with Gasteiger partial charge in [-0.25, -0.2) is 4.79 Å². The van der Waals surface area contributed by atoms with E-state index in [2.05, 4.69) is 34.1 Å². The molecule has 43 heavy (non-hydrogen) atoms. The quantitative estimate of drug-likeness (QED) is 0.299. The number of aromatic nitrogens is 2. The number of aryl methyl sites for hydroxylation is 1. The summed E-state index contributed by atoms with van der Waals surface area (Å²) in [6, 6.07) is 28.2. The minimum Gasteiger partial charge on any atom is -0.497 e. The van der Waals surface area contributed by atoms with Gasteiger partial charge in [0.15, 0.2) is 6.23 Å². The molecule has 2 aliphatic rings. The Labute approximate surface area is 250 Å². The van der Waals surface area contributed by atoms with Crippen LogP contribution >= 0.6 is 0 Å². The Kier molecular flexibility index (Phi) is 8.58. The number of nitrogens with zero attached hydrogens (tertiary/aromatic N) is 2. The lowest BCUT2D eigenvalue weighted by atomic mass is 9.80. The molecule has 1 aromatic heterocycles. The van der Waals surface area contributed by atoms with Gasteiger partial charge in [-0.2, -0.15) is 0 Å². The van der Waals surface area contributed by atoms with E-state index in [-0.39, 0.29) is 18.8 Å². The first kappa shape index (κ1) is 29.1. The van der Waals surface area contributed by atoms with E-state index in [0.717, 1.165) is 35.5 Å². The van der Waals surface area contributed by atoms with Gasteiger partial charge >= 0.3 is 5.69 Å². The maximum absolute atomic E-state index is 13.0. The van der Waals surface area contributed by atoms with Crippen LogP contribution in [0.5, 0.6) is 5.75 Å². The van der Waals surface area contributed by atoms with Crippen molar-refractivity contribution in [2.45, 2.75) is 37.3 Å². The molecule has 0 spiro atoms. The Morgan fingerprint density at radius 3 is 2.09 bits per heavy atom. The fraction of sp³-hybridized carbons (Fsp3) is 0.353. The van der Waals surface area contributed by atoms with Crippen LogP contribution in [0, 0.1) is 6.92 Å². The third kappa shape index (κ3) is 5.81. The van der Waals surface area contributed by atoms with Gasteiger partial charge in [-0.15, -0.1) is 0 Å². The number of ether oxygens (including phenoxy) is 4. The molecule has 9 heteroatoms. The average Bonchev–Trinajstić information content (AvgIpc) is 3.49. The van der Waals surface area contributed by atoms with Gasteiger partial charge in [0.1, 0.15) is 11.4 Å². The number of methoxy groups -OCH3 is 1. The van der Waals surface area contributed by atoms with Gasteiger partial charge in [0, 0.05) is 24.8 Å². The van der Waals surface area contributed by atoms with Crippen molar-refractivity contribution in [1.82, 2.24) is 14.5 Å². The summed E-state index contributed by atoms with van der Waals surface area (Å²) >= 11 is 0. The second-order valence-corrected chi connectivity index (χ2v) is 11.0. The van der Waals surface area contributed by atoms with Gasteiger partial charge in [-0.3, -0.25) is 19.2 Å². The van der Waals surface area contributed by atoms with Gasteiger partial charge in [-0.1, -0.05) is 72.8 Å². The number of hydrogen-bond donors (Lipinski definition) is 1. The lowest BCUT2D eigenvalue weighted by molar-refractivity contribution is -0.0876. The van der Waals surface area contributed by atoms with Crippen molar-refractivity contribution in [1.29, 1.82) is 0 Å². The van der Waals surface area contributed by atoms with Crippen molar-refractivity contribution in [2.24, 2.45) is 0 Å². The zero-order chi connectivity index (χ0) is 29.8. The van der Waals surface area contributed by atoms with Crippen LogP contribution in [0.1, 0.15) is 34.9 Å². The minimum absolute atomic E-state index is 0.0932. The van der Waals surface area contributed by atoms with E-state index in [1.165, 1.54) is 4.57 Å². The van der Waals surface area contributed by atoms with Crippen molar-refractivity contribution in [3.05, 3.63) is 134 Å². The van der Waals surface area contributed by atoms with E-state index in [1.807, 2.05) is 60.7 Å². The lowest BCUT2D eigenvalue weighted by Crippen LogP contribution is -2.48. The largest absolute Gasteiger partial charge is 0.497 e. The molecule has 9 nitrogen and oxygen atoms in total. The molecule has 0 bridgehead atoms. The van der Waals surface area contributed by atoms with Crippen molar-refractivity contribution < 1.29 is 18.9 Å². The number of H-pyrrole nitrogens is 1. The first-order valence-electron chi connectivity index (χ1n) is 14.7. The van der Waals surface area contributed by atoms with E-state index >= 15 is 0 Å². The highest BCUT2D eigenvalue weighted by atomic mass is 16.6. The standard InChI is InChI=1S/C34H37N3O6/c1-24-22-37(33(39)35-31(24)38)32-30(36-17-19-41-20-18-36)21-29(43-32)23-42-34(25-9-5-3-6-10-25,26-11-7-4-8-12-26)27-13-15-28(40-2)16-14-27/h3-16,22,29-30,32H,17-21,23H2,1-2H3,(H,35,38,39)/t29-,30+,32+/m0/s1. The molecule has 6 rings (SSSR count). The van der Waals surface area contributed by atoms with Gasteiger partial charge in [-0.05, 0) is 42.2 Å². The lowest BCUT2D eigenvalue weighted by Gasteiger charge is -2.36. The third-order valence-electron chi connectivity index (χ3n) is 8.44. The minimum atomic E-state index is -0.934. The summed E-state index contributed by atoms with van der Waals surface area (Å²) in [4.78, 5) is 29.9. The van der Waals surface area contributed by atoms with E-state index in [0.29, 0.717) is 25.2 Å². The van der Waals surface area contributed by atoms with Crippen LogP contribution in [-0.4, -0.2) is 66.6 Å². The Morgan fingerprint density at radius 2 is 1.49 bits per heavy atom. The predicted molar refractivity (Wildman–Crippen MR) is 162 cm³/mol. The van der Waals surface area contributed by atoms with Crippen LogP contribution in [0.2, 0.25) is 0 Å². The molecule has 3 atom stereocenters. The zero-order valence-electron chi connectivity index (χ0n) is 24.5. The van der Waals surface area contributed by atoms with Gasteiger partial charge in [0.25, 0.3) is 5.56 Å². The number of nitrogens with one attached hydrogen (secondary N) is 1. The van der Waals surface area contributed by atoms with Crippen LogP contribution in [0.4, 0.5) is 0 Å². The summed E-state index contributed by atoms with van der Waals surface area (Å²) in [5.41, 5.74) is 1.57. The molecule has 0 saturated carbocycles. The van der Waals surface area contributed by atoms with Crippen molar-refractivity contribution in [3.8, 4) is 5.75 Å². The molecule has 3 aromatic carbocycles. The Hall–Kier alpha value is -4.02. The number of rotatable bonds is 9. The summed E-state index contributed by atoms with van der Waals surface area (Å²) in [6.45, 7) is 4.66. The molecular formula is C34H37N3O6. The number of benzene rings is 3. The summed E-state index contributed by atoms with van der Waals surface area (Å²) in [6.07, 6.45) is 1.34. The molecule has 0 aliphatic carbocycles. The number of morpholine rings is 1. The zero-order valence-corrected chi connectivity index (χ0v) is 24.5. The summed E-state index contributed by atoms with van der Waals surface area (Å²) in [7, 11) is 1.65. The second kappa shape index (κ2) is 12.7. The first-order valence-corrected chi connectivity index (χ1v) is 14.7. The van der Waals surface area contributed by atoms with Gasteiger partial charge in [0.05, 0.1) is 39.1 Å². The normalized spacial score (nSPS) is 21.1. The first-order chi connectivity index (χ1) is 21.0. The van der Waals surface area contributed by atoms with E-state index in [1.54, 1.807) is 20.2 Å². The molecule has 224 valence electrons. The van der Waals surface area contributed by atoms with Gasteiger partial charge in [0.2, 0.25) is 0 Å². The molecular weight excluding hydrogens is 546 g/mol. The topological polar surface area (TPSA) is 95.0 Å². The van der Waals surface area contributed by atoms with Crippen molar-refractivity contribution >= 4 is 0 Å². The van der Waals surface area contributed by atoms with E-state index < -0.39 is 23.1 Å². The summed E-state index contributed by atoms with van der Waals surface area (Å²) < 4.78 is 26.3. The van der Waals surface area contributed by atoms with Crippen LogP contribution < -0.4 is 16.0 Å². The SMILES string of the molecule is COc1ccc(C(OC[C@@H]2C[C@@H](N3CCOCC3)[C@H](n3cc(C)c(=O)[nH]c3=O)O2)(c2ccccc2)c2ccccc2)cc1. The summed E-state index contributed by atoms with van der Waals surface area (Å²) in [5, 5.41) is 0. The third-order valence-corrected chi connectivity index (χ3v) is 8.44. The van der Waals surface area contributed by atoms with Crippen LogP contribution in [0.3, 0.4) is 0 Å². The monoisotopic (exact) mass is 583 g/mol. The van der Waals surface area contributed by atoms with Crippen LogP contribution in [-0.2, 0) is 19.8 Å². The maximum atomic E-state index is 13.0. The van der Waals surface area contributed by atoms with E-state index in [9.17, 15) is 9.59 Å². The molecule has 0 unspecified atom stereocenters. The molecule has 4 aromatic rings. The molecule has 1 N–H and O–H groups in total. The highest BCUT2D eigenvalue weighted by Crippen LogP contribution is 2.42. The fourth-order valence-corrected chi connectivity index (χ4v) is 6.24. The highest BCUT2D eigenvalue weighted by molar-refractivity contribution is 5.48. The van der Waals surface area contributed by atoms with Crippen LogP contribution in [0.25, 0.3) is 0 Å². The molecule has 2 aliphatic heterocycles. The predicted octanol–water partition coefficient (Wildman–Crippen LogP) is 3.85. The number of aromatic amines is 1. The summed E-state index contributed by atoms with van der Waals surface area (Å²) in [5.74, 6) is 0.760. The van der Waals surface area contributed by atoms with E-state index in [4.69, 9.17) is 18.9 Å². The van der Waals surface area contributed by atoms with Gasteiger partial charge < -0.3 is 18.9 Å². The Morgan fingerprint density at radius 1 is 0.884 bits per heavy atom. The van der Waals surface area contributed by atoms with Crippen LogP contribution in [0.15, 0.2) is 101 Å². The molecule has 3 heterocycles. The Bertz CT molecular complexity index is 1570. The number of hydrogen-bond acceptors (Lipinski definition) is 7.